The molecule has 0 saturated heterocycles. The van der Waals surface area contributed by atoms with Gasteiger partial charge in [-0.2, -0.15) is 0 Å². The number of ether oxygens (including phenoxy) is 1. The molecular weight excluding hydrogens is 322 g/mol. The van der Waals surface area contributed by atoms with Gasteiger partial charge >= 0.3 is 0 Å². The van der Waals surface area contributed by atoms with Gasteiger partial charge in [0.15, 0.2) is 5.96 Å². The molecule has 0 radical (unpaired) electrons. The molecule has 0 unspecified atom stereocenters. The lowest BCUT2D eigenvalue weighted by molar-refractivity contribution is 0.465. The van der Waals surface area contributed by atoms with Crippen molar-refractivity contribution in [1.29, 1.82) is 0 Å². The standard InChI is InChI=1S/C22H23N3O/c1-2-25-13-12-23-22(25)24-16-17-6-5-9-20(14-17)26-21-11-10-18-7-3-4-8-19(18)15-21/h3-11,14-15H,2,12-13,16H2,1H3,(H,23,24). The quantitative estimate of drug-likeness (QED) is 0.744. The van der Waals surface area contributed by atoms with Crippen molar-refractivity contribution in [1.82, 2.24) is 10.2 Å². The first-order valence-corrected chi connectivity index (χ1v) is 9.11. The zero-order valence-corrected chi connectivity index (χ0v) is 15.0. The van der Waals surface area contributed by atoms with Crippen molar-refractivity contribution < 1.29 is 4.74 Å². The Morgan fingerprint density at radius 2 is 1.81 bits per heavy atom. The third kappa shape index (κ3) is 3.64. The van der Waals surface area contributed by atoms with Crippen molar-refractivity contribution in [2.75, 3.05) is 19.6 Å². The zero-order chi connectivity index (χ0) is 17.8. The van der Waals surface area contributed by atoms with Crippen LogP contribution in [0.15, 0.2) is 71.7 Å². The second kappa shape index (κ2) is 7.48. The molecule has 0 amide bonds. The van der Waals surface area contributed by atoms with Gasteiger partial charge in [-0.1, -0.05) is 42.5 Å². The van der Waals surface area contributed by atoms with Crippen molar-refractivity contribution >= 4 is 16.7 Å². The second-order valence-corrected chi connectivity index (χ2v) is 6.40. The molecule has 26 heavy (non-hydrogen) atoms. The van der Waals surface area contributed by atoms with Crippen molar-refractivity contribution in [3.8, 4) is 11.5 Å². The second-order valence-electron chi connectivity index (χ2n) is 6.40. The maximum atomic E-state index is 6.07. The highest BCUT2D eigenvalue weighted by Crippen LogP contribution is 2.26. The molecule has 132 valence electrons. The van der Waals surface area contributed by atoms with Crippen LogP contribution in [-0.4, -0.2) is 30.5 Å². The fourth-order valence-electron chi connectivity index (χ4n) is 3.23. The van der Waals surface area contributed by atoms with Crippen molar-refractivity contribution in [3.05, 3.63) is 72.3 Å². The number of benzene rings is 3. The number of hydrogen-bond donors (Lipinski definition) is 1. The van der Waals surface area contributed by atoms with Crippen LogP contribution in [-0.2, 0) is 6.54 Å². The van der Waals surface area contributed by atoms with E-state index in [0.717, 1.165) is 43.6 Å². The molecule has 1 aliphatic heterocycles. The molecule has 0 aromatic heterocycles. The SMILES string of the molecule is CCN1CCN=C1NCc1cccc(Oc2ccc3ccccc3c2)c1. The average Bonchev–Trinajstić information content (AvgIpc) is 3.14. The molecule has 1 N–H and O–H groups in total. The molecule has 0 spiro atoms. The predicted octanol–water partition coefficient (Wildman–Crippen LogP) is 4.41. The average molecular weight is 345 g/mol. The summed E-state index contributed by atoms with van der Waals surface area (Å²) in [5.74, 6) is 2.69. The van der Waals surface area contributed by atoms with E-state index in [2.05, 4.69) is 58.5 Å². The topological polar surface area (TPSA) is 36.9 Å². The van der Waals surface area contributed by atoms with Gasteiger partial charge < -0.3 is 15.0 Å². The highest BCUT2D eigenvalue weighted by Gasteiger charge is 2.14. The minimum Gasteiger partial charge on any atom is -0.457 e. The van der Waals surface area contributed by atoms with Crippen LogP contribution in [0.4, 0.5) is 0 Å². The van der Waals surface area contributed by atoms with E-state index in [4.69, 9.17) is 4.74 Å². The third-order valence-corrected chi connectivity index (χ3v) is 4.62. The Balaban J connectivity index is 1.45. The number of fused-ring (bicyclic) bond motifs is 1. The number of guanidine groups is 1. The van der Waals surface area contributed by atoms with Crippen LogP contribution in [0, 0.1) is 0 Å². The monoisotopic (exact) mass is 345 g/mol. The Labute approximate surface area is 154 Å². The van der Waals surface area contributed by atoms with E-state index in [0.29, 0.717) is 0 Å². The van der Waals surface area contributed by atoms with Crippen molar-refractivity contribution in [2.24, 2.45) is 4.99 Å². The van der Waals surface area contributed by atoms with Gasteiger partial charge in [-0.3, -0.25) is 4.99 Å². The fourth-order valence-corrected chi connectivity index (χ4v) is 3.23. The Morgan fingerprint density at radius 3 is 2.69 bits per heavy atom. The maximum Gasteiger partial charge on any atom is 0.194 e. The van der Waals surface area contributed by atoms with Gasteiger partial charge in [0.25, 0.3) is 0 Å². The van der Waals surface area contributed by atoms with Crippen LogP contribution in [0.1, 0.15) is 12.5 Å². The van der Waals surface area contributed by atoms with Crippen molar-refractivity contribution in [3.63, 3.8) is 0 Å². The van der Waals surface area contributed by atoms with Crippen LogP contribution in [0.5, 0.6) is 11.5 Å². The smallest absolute Gasteiger partial charge is 0.194 e. The van der Waals surface area contributed by atoms with Gasteiger partial charge in [-0.15, -0.1) is 0 Å². The lowest BCUT2D eigenvalue weighted by Crippen LogP contribution is -2.37. The lowest BCUT2D eigenvalue weighted by Gasteiger charge is -2.19. The van der Waals surface area contributed by atoms with Crippen LogP contribution >= 0.6 is 0 Å². The summed E-state index contributed by atoms with van der Waals surface area (Å²) in [4.78, 5) is 6.78. The molecule has 3 aromatic rings. The minimum atomic E-state index is 0.740. The molecule has 4 heteroatoms. The fraction of sp³-hybridized carbons (Fsp3) is 0.227. The molecule has 0 aliphatic carbocycles. The number of aliphatic imine (C=N–C) groups is 1. The maximum absolute atomic E-state index is 6.07. The van der Waals surface area contributed by atoms with E-state index in [9.17, 15) is 0 Å². The number of rotatable bonds is 5. The van der Waals surface area contributed by atoms with E-state index < -0.39 is 0 Å². The normalized spacial score (nSPS) is 13.7. The molecular formula is C22H23N3O. The number of likely N-dealkylation sites (N-methyl/N-ethyl adjacent to an activating group) is 1. The van der Waals surface area contributed by atoms with Gasteiger partial charge in [-0.25, -0.2) is 0 Å². The van der Waals surface area contributed by atoms with E-state index in [1.165, 1.54) is 16.3 Å². The first kappa shape index (κ1) is 16.5. The van der Waals surface area contributed by atoms with Gasteiger partial charge in [0.2, 0.25) is 0 Å². The molecule has 0 saturated carbocycles. The summed E-state index contributed by atoms with van der Waals surface area (Å²) in [6.07, 6.45) is 0. The van der Waals surface area contributed by atoms with Gasteiger partial charge in [0, 0.05) is 19.6 Å². The Kier molecular flexibility index (Phi) is 4.73. The predicted molar refractivity (Wildman–Crippen MR) is 107 cm³/mol. The molecule has 0 bridgehead atoms. The Hall–Kier alpha value is -3.01. The van der Waals surface area contributed by atoms with E-state index in [1.54, 1.807) is 0 Å². The first-order valence-electron chi connectivity index (χ1n) is 9.11. The third-order valence-electron chi connectivity index (χ3n) is 4.62. The summed E-state index contributed by atoms with van der Waals surface area (Å²) in [5.41, 5.74) is 1.17. The van der Waals surface area contributed by atoms with Crippen LogP contribution < -0.4 is 10.1 Å². The highest BCUT2D eigenvalue weighted by atomic mass is 16.5. The molecule has 0 fully saturated rings. The minimum absolute atomic E-state index is 0.740. The molecule has 3 aromatic carbocycles. The lowest BCUT2D eigenvalue weighted by atomic mass is 10.1. The largest absolute Gasteiger partial charge is 0.457 e. The molecule has 1 aliphatic rings. The number of hydrogen-bond acceptors (Lipinski definition) is 4. The summed E-state index contributed by atoms with van der Waals surface area (Å²) in [6.45, 7) is 5.76. The highest BCUT2D eigenvalue weighted by molar-refractivity contribution is 5.83. The van der Waals surface area contributed by atoms with Gasteiger partial charge in [0.1, 0.15) is 11.5 Å². The van der Waals surface area contributed by atoms with Crippen LogP contribution in [0.3, 0.4) is 0 Å². The summed E-state index contributed by atoms with van der Waals surface area (Å²) in [5, 5.41) is 5.83. The summed E-state index contributed by atoms with van der Waals surface area (Å²) >= 11 is 0. The molecule has 1 heterocycles. The first-order chi connectivity index (χ1) is 12.8. The van der Waals surface area contributed by atoms with Crippen LogP contribution in [0.2, 0.25) is 0 Å². The van der Waals surface area contributed by atoms with E-state index in [-0.39, 0.29) is 0 Å². The van der Waals surface area contributed by atoms with Gasteiger partial charge in [-0.05, 0) is 47.5 Å². The van der Waals surface area contributed by atoms with Crippen molar-refractivity contribution in [2.45, 2.75) is 13.5 Å². The molecule has 0 atom stereocenters. The molecule has 4 rings (SSSR count). The Morgan fingerprint density at radius 1 is 0.962 bits per heavy atom. The van der Waals surface area contributed by atoms with E-state index >= 15 is 0 Å². The van der Waals surface area contributed by atoms with E-state index in [1.807, 2.05) is 30.3 Å². The number of nitrogens with zero attached hydrogens (tertiary/aromatic N) is 2. The zero-order valence-electron chi connectivity index (χ0n) is 15.0. The summed E-state index contributed by atoms with van der Waals surface area (Å²) < 4.78 is 6.07. The summed E-state index contributed by atoms with van der Waals surface area (Å²) in [6, 6.07) is 22.7. The van der Waals surface area contributed by atoms with Crippen LogP contribution in [0.25, 0.3) is 10.8 Å². The molecule has 4 nitrogen and oxygen atoms in total. The number of nitrogens with one attached hydrogen (secondary N) is 1. The summed E-state index contributed by atoms with van der Waals surface area (Å²) in [7, 11) is 0. The Bertz CT molecular complexity index is 935. The van der Waals surface area contributed by atoms with Gasteiger partial charge in [0.05, 0.1) is 6.54 Å².